The summed E-state index contributed by atoms with van der Waals surface area (Å²) in [6.07, 6.45) is 0. The van der Waals surface area contributed by atoms with Gasteiger partial charge in [0.2, 0.25) is 0 Å². The van der Waals surface area contributed by atoms with Crippen LogP contribution in [0.2, 0.25) is 0 Å². The molecule has 1 aromatic carbocycles. The molecule has 54 valence electrons. The quantitative estimate of drug-likeness (QED) is 0.417. The maximum atomic E-state index is 5.04. The molecule has 3 heteroatoms. The molecule has 0 atom stereocenters. The first-order chi connectivity index (χ1) is 4.83. The van der Waals surface area contributed by atoms with Gasteiger partial charge in [-0.2, -0.15) is 5.53 Å². The van der Waals surface area contributed by atoms with Crippen LogP contribution in [0.3, 0.4) is 0 Å². The van der Waals surface area contributed by atoms with Crippen LogP contribution in [0.15, 0.2) is 24.3 Å². The van der Waals surface area contributed by atoms with Crippen molar-refractivity contribution in [1.82, 2.24) is 5.53 Å². The molecule has 0 aromatic heterocycles. The highest BCUT2D eigenvalue weighted by Crippen LogP contribution is 2.06. The summed E-state index contributed by atoms with van der Waals surface area (Å²) >= 11 is 0. The van der Waals surface area contributed by atoms with Gasteiger partial charge in [0.25, 0.3) is 0 Å². The highest BCUT2D eigenvalue weighted by molar-refractivity contribution is 5.43. The molecule has 1 aromatic rings. The Kier molecular flexibility index (Phi) is 2.25. The summed E-state index contributed by atoms with van der Waals surface area (Å²) in [4.78, 5) is 0. The summed E-state index contributed by atoms with van der Waals surface area (Å²) in [5.41, 5.74) is 7.32. The fraction of sp³-hybridized carbons (Fsp3) is 0.143. The summed E-state index contributed by atoms with van der Waals surface area (Å²) in [6, 6.07) is 7.93. The number of rotatable bonds is 2. The minimum absolute atomic E-state index is 0.966. The Morgan fingerprint density at radius 3 is 2.30 bits per heavy atom. The SMILES string of the molecule is Cc1ccc(NNN)cc1. The van der Waals surface area contributed by atoms with Crippen molar-refractivity contribution in [2.45, 2.75) is 6.92 Å². The third kappa shape index (κ3) is 1.72. The first-order valence-electron chi connectivity index (χ1n) is 3.11. The molecule has 0 heterocycles. The number of anilines is 1. The van der Waals surface area contributed by atoms with Crippen LogP contribution in [0.1, 0.15) is 5.56 Å². The Hall–Kier alpha value is -1.06. The smallest absolute Gasteiger partial charge is 0.0501 e. The maximum absolute atomic E-state index is 5.04. The molecule has 0 bridgehead atoms. The molecule has 0 aliphatic heterocycles. The second-order valence-corrected chi connectivity index (χ2v) is 2.14. The van der Waals surface area contributed by atoms with Gasteiger partial charge < -0.3 is 5.43 Å². The lowest BCUT2D eigenvalue weighted by molar-refractivity contribution is 0.876. The van der Waals surface area contributed by atoms with Crippen LogP contribution in [-0.4, -0.2) is 0 Å². The number of hydrogen-bond donors (Lipinski definition) is 3. The lowest BCUT2D eigenvalue weighted by Gasteiger charge is -2.02. The zero-order valence-electron chi connectivity index (χ0n) is 5.89. The Labute approximate surface area is 60.2 Å². The lowest BCUT2D eigenvalue weighted by atomic mass is 10.2. The third-order valence-corrected chi connectivity index (χ3v) is 1.27. The molecule has 0 amide bonds. The van der Waals surface area contributed by atoms with Gasteiger partial charge in [0.05, 0.1) is 5.69 Å². The molecular formula is C7H11N3. The molecule has 0 aliphatic rings. The van der Waals surface area contributed by atoms with Gasteiger partial charge in [-0.25, -0.2) is 0 Å². The standard InChI is InChI=1S/C7H11N3/c1-6-2-4-7(5-3-6)9-10-8/h2-5,9-10H,8H2,1H3. The van der Waals surface area contributed by atoms with E-state index in [-0.39, 0.29) is 0 Å². The van der Waals surface area contributed by atoms with Crippen molar-refractivity contribution in [1.29, 1.82) is 0 Å². The molecule has 3 nitrogen and oxygen atoms in total. The first kappa shape index (κ1) is 7.05. The molecule has 0 saturated heterocycles. The molecule has 0 spiro atoms. The van der Waals surface area contributed by atoms with Gasteiger partial charge >= 0.3 is 0 Å². The van der Waals surface area contributed by atoms with Crippen molar-refractivity contribution in [2.24, 2.45) is 5.84 Å². The predicted molar refractivity (Wildman–Crippen MR) is 42.1 cm³/mol. The number of nitrogens with two attached hydrogens (primary N) is 1. The molecule has 0 saturated carbocycles. The van der Waals surface area contributed by atoms with Crippen LogP contribution in [0, 0.1) is 6.92 Å². The summed E-state index contributed by atoms with van der Waals surface area (Å²) in [5, 5.41) is 0. The van der Waals surface area contributed by atoms with Crippen LogP contribution in [0.4, 0.5) is 5.69 Å². The number of hydrogen-bond acceptors (Lipinski definition) is 3. The van der Waals surface area contributed by atoms with E-state index in [1.165, 1.54) is 5.56 Å². The molecule has 10 heavy (non-hydrogen) atoms. The number of benzene rings is 1. The average Bonchev–Trinajstić information content (AvgIpc) is 1.95. The molecule has 0 unspecified atom stereocenters. The zero-order valence-corrected chi connectivity index (χ0v) is 5.89. The second-order valence-electron chi connectivity index (χ2n) is 2.14. The number of hydrazine groups is 2. The van der Waals surface area contributed by atoms with E-state index in [1.54, 1.807) is 0 Å². The van der Waals surface area contributed by atoms with Gasteiger partial charge in [0, 0.05) is 0 Å². The Bertz CT molecular complexity index is 193. The Morgan fingerprint density at radius 1 is 1.20 bits per heavy atom. The predicted octanol–water partition coefficient (Wildman–Crippen LogP) is 0.785. The van der Waals surface area contributed by atoms with Crippen molar-refractivity contribution in [3.63, 3.8) is 0 Å². The van der Waals surface area contributed by atoms with E-state index in [2.05, 4.69) is 11.0 Å². The van der Waals surface area contributed by atoms with E-state index < -0.39 is 0 Å². The molecule has 0 aliphatic carbocycles. The largest absolute Gasteiger partial charge is 0.308 e. The third-order valence-electron chi connectivity index (χ3n) is 1.27. The van der Waals surface area contributed by atoms with Gasteiger partial charge in [-0.1, -0.05) is 17.7 Å². The summed E-state index contributed by atoms with van der Waals surface area (Å²) < 4.78 is 0. The average molecular weight is 137 g/mol. The number of nitrogens with one attached hydrogen (secondary N) is 2. The summed E-state index contributed by atoms with van der Waals surface area (Å²) in [6.45, 7) is 2.04. The van der Waals surface area contributed by atoms with Gasteiger partial charge in [-0.05, 0) is 19.1 Å². The van der Waals surface area contributed by atoms with Crippen molar-refractivity contribution in [3.05, 3.63) is 29.8 Å². The van der Waals surface area contributed by atoms with Gasteiger partial charge in [-0.15, -0.1) is 0 Å². The Balaban J connectivity index is 2.69. The van der Waals surface area contributed by atoms with Crippen molar-refractivity contribution in [3.8, 4) is 0 Å². The number of aryl methyl sites for hydroxylation is 1. The molecule has 0 radical (unpaired) electrons. The van der Waals surface area contributed by atoms with Gasteiger partial charge in [0.1, 0.15) is 0 Å². The van der Waals surface area contributed by atoms with E-state index in [0.717, 1.165) is 5.69 Å². The normalized spacial score (nSPS) is 9.40. The molecule has 0 fully saturated rings. The fourth-order valence-corrected chi connectivity index (χ4v) is 0.720. The molecular weight excluding hydrogens is 126 g/mol. The van der Waals surface area contributed by atoms with E-state index in [1.807, 2.05) is 31.2 Å². The van der Waals surface area contributed by atoms with Crippen molar-refractivity contribution >= 4 is 5.69 Å². The van der Waals surface area contributed by atoms with Crippen LogP contribution in [0.25, 0.3) is 0 Å². The topological polar surface area (TPSA) is 50.1 Å². The maximum Gasteiger partial charge on any atom is 0.0501 e. The van der Waals surface area contributed by atoms with E-state index >= 15 is 0 Å². The van der Waals surface area contributed by atoms with Crippen LogP contribution < -0.4 is 16.8 Å². The van der Waals surface area contributed by atoms with Crippen LogP contribution in [-0.2, 0) is 0 Å². The zero-order chi connectivity index (χ0) is 7.40. The van der Waals surface area contributed by atoms with E-state index in [4.69, 9.17) is 5.84 Å². The summed E-state index contributed by atoms with van der Waals surface area (Å²) in [7, 11) is 0. The Morgan fingerprint density at radius 2 is 1.80 bits per heavy atom. The van der Waals surface area contributed by atoms with Crippen LogP contribution in [0.5, 0.6) is 0 Å². The fourth-order valence-electron chi connectivity index (χ4n) is 0.720. The highest BCUT2D eigenvalue weighted by atomic mass is 15.5. The summed E-state index contributed by atoms with van der Waals surface area (Å²) in [5.74, 6) is 5.04. The first-order valence-corrected chi connectivity index (χ1v) is 3.11. The molecule has 4 N–H and O–H groups in total. The van der Waals surface area contributed by atoms with Crippen LogP contribution >= 0.6 is 0 Å². The van der Waals surface area contributed by atoms with Crippen molar-refractivity contribution < 1.29 is 0 Å². The molecule has 1 rings (SSSR count). The lowest BCUT2D eigenvalue weighted by Crippen LogP contribution is -2.28. The van der Waals surface area contributed by atoms with Crippen molar-refractivity contribution in [2.75, 3.05) is 5.43 Å². The van der Waals surface area contributed by atoms with Gasteiger partial charge in [-0.3, -0.25) is 5.84 Å². The van der Waals surface area contributed by atoms with E-state index in [9.17, 15) is 0 Å². The minimum atomic E-state index is 0.966. The second kappa shape index (κ2) is 3.20. The van der Waals surface area contributed by atoms with E-state index in [0.29, 0.717) is 0 Å². The minimum Gasteiger partial charge on any atom is -0.308 e. The highest BCUT2D eigenvalue weighted by Gasteiger charge is 1.85. The van der Waals surface area contributed by atoms with Gasteiger partial charge in [0.15, 0.2) is 0 Å². The monoisotopic (exact) mass is 137 g/mol.